The number of ether oxygens (including phenoxy) is 1. The van der Waals surface area contributed by atoms with Crippen LogP contribution in [0.4, 0.5) is 5.69 Å². The van der Waals surface area contributed by atoms with Gasteiger partial charge in [-0.15, -0.1) is 0 Å². The van der Waals surface area contributed by atoms with Crippen LogP contribution in [0.15, 0.2) is 48.5 Å². The van der Waals surface area contributed by atoms with E-state index in [1.807, 2.05) is 12.1 Å². The van der Waals surface area contributed by atoms with E-state index >= 15 is 0 Å². The fourth-order valence-electron chi connectivity index (χ4n) is 2.98. The van der Waals surface area contributed by atoms with Gasteiger partial charge in [0.05, 0.1) is 11.3 Å². The molecule has 0 unspecified atom stereocenters. The van der Waals surface area contributed by atoms with Crippen molar-refractivity contribution in [2.24, 2.45) is 0 Å². The highest BCUT2D eigenvalue weighted by Gasteiger charge is 2.24. The van der Waals surface area contributed by atoms with E-state index < -0.39 is 5.97 Å². The number of nitrogens with one attached hydrogen (secondary N) is 1. The Hall–Kier alpha value is -3.48. The third kappa shape index (κ3) is 4.92. The summed E-state index contributed by atoms with van der Waals surface area (Å²) in [6.45, 7) is 5.90. The second-order valence-corrected chi connectivity index (χ2v) is 8.14. The Bertz CT molecular complexity index is 972. The summed E-state index contributed by atoms with van der Waals surface area (Å²) in [5.74, 6) is -1.41. The van der Waals surface area contributed by atoms with Crippen molar-refractivity contribution in [1.82, 2.24) is 5.43 Å². The first-order valence-electron chi connectivity index (χ1n) is 9.68. The maximum Gasteiger partial charge on any atom is 0.338 e. The maximum absolute atomic E-state index is 12.3. The Labute approximate surface area is 175 Å². The van der Waals surface area contributed by atoms with E-state index in [9.17, 15) is 19.2 Å². The van der Waals surface area contributed by atoms with Crippen molar-refractivity contribution in [3.05, 3.63) is 65.2 Å². The number of hydrogen-bond donors (Lipinski definition) is 1. The molecule has 2 amide bonds. The highest BCUT2D eigenvalue weighted by Crippen LogP contribution is 2.22. The minimum absolute atomic E-state index is 0.0121. The molecule has 1 N–H and O–H groups in total. The molecular weight excluding hydrogens is 384 g/mol. The van der Waals surface area contributed by atoms with Gasteiger partial charge in [-0.1, -0.05) is 45.0 Å². The standard InChI is InChI=1S/C23H24N2O5/c1-23(2,3)17-8-4-15(5-9-17)19(26)14-30-22(29)16-6-10-18(11-7-16)25-21(28)13-12-20(27)24-25/h4-11H,12-14H2,1-3H3,(H,24,27). The predicted octanol–water partition coefficient (Wildman–Crippen LogP) is 3.18. The summed E-state index contributed by atoms with van der Waals surface area (Å²) in [4.78, 5) is 48.0. The highest BCUT2D eigenvalue weighted by atomic mass is 16.5. The first-order valence-corrected chi connectivity index (χ1v) is 9.68. The van der Waals surface area contributed by atoms with Crippen LogP contribution in [0.2, 0.25) is 0 Å². The Kier molecular flexibility index (Phi) is 6.01. The number of nitrogens with zero attached hydrogens (tertiary/aromatic N) is 1. The minimum Gasteiger partial charge on any atom is -0.454 e. The molecule has 0 bridgehead atoms. The number of esters is 1. The summed E-state index contributed by atoms with van der Waals surface area (Å²) in [5.41, 5.74) is 4.75. The third-order valence-corrected chi connectivity index (χ3v) is 4.82. The second-order valence-electron chi connectivity index (χ2n) is 8.14. The van der Waals surface area contributed by atoms with Crippen LogP contribution in [0.1, 0.15) is 59.9 Å². The van der Waals surface area contributed by atoms with Crippen molar-refractivity contribution in [3.63, 3.8) is 0 Å². The van der Waals surface area contributed by atoms with E-state index in [2.05, 4.69) is 26.2 Å². The van der Waals surface area contributed by atoms with Crippen molar-refractivity contribution < 1.29 is 23.9 Å². The zero-order valence-corrected chi connectivity index (χ0v) is 17.2. The van der Waals surface area contributed by atoms with Crippen molar-refractivity contribution in [2.45, 2.75) is 39.0 Å². The van der Waals surface area contributed by atoms with Gasteiger partial charge >= 0.3 is 5.97 Å². The molecule has 2 aromatic carbocycles. The van der Waals surface area contributed by atoms with Gasteiger partial charge in [0.25, 0.3) is 0 Å². The lowest BCUT2D eigenvalue weighted by molar-refractivity contribution is -0.130. The number of ketones is 1. The monoisotopic (exact) mass is 408 g/mol. The molecule has 0 radical (unpaired) electrons. The number of Topliss-reactive ketones (excluding diaryl/α,β-unsaturated/α-hetero) is 1. The molecule has 0 aromatic heterocycles. The van der Waals surface area contributed by atoms with Crippen molar-refractivity contribution >= 4 is 29.3 Å². The van der Waals surface area contributed by atoms with Crippen LogP contribution in [0.5, 0.6) is 0 Å². The Balaban J connectivity index is 1.59. The molecule has 2 aromatic rings. The SMILES string of the molecule is CC(C)(C)c1ccc(C(=O)COC(=O)c2ccc(N3NC(=O)CCC3=O)cc2)cc1. The van der Waals surface area contributed by atoms with Gasteiger partial charge in [0.2, 0.25) is 11.8 Å². The molecule has 1 saturated heterocycles. The summed E-state index contributed by atoms with van der Waals surface area (Å²) in [6, 6.07) is 13.3. The number of anilines is 1. The van der Waals surface area contributed by atoms with Crippen molar-refractivity contribution in [1.29, 1.82) is 0 Å². The van der Waals surface area contributed by atoms with E-state index in [0.29, 0.717) is 11.3 Å². The zero-order valence-electron chi connectivity index (χ0n) is 17.2. The van der Waals surface area contributed by atoms with Crippen LogP contribution in [-0.4, -0.2) is 30.2 Å². The summed E-state index contributed by atoms with van der Waals surface area (Å²) in [7, 11) is 0. The second kappa shape index (κ2) is 8.49. The van der Waals surface area contributed by atoms with Crippen molar-refractivity contribution in [2.75, 3.05) is 11.6 Å². The number of carbonyl (C=O) groups excluding carboxylic acids is 4. The van der Waals surface area contributed by atoms with E-state index in [1.165, 1.54) is 24.3 Å². The van der Waals surface area contributed by atoms with Gasteiger partial charge in [-0.25, -0.2) is 9.80 Å². The highest BCUT2D eigenvalue weighted by molar-refractivity contribution is 6.02. The van der Waals surface area contributed by atoms with E-state index in [-0.39, 0.29) is 48.0 Å². The molecule has 0 atom stereocenters. The van der Waals surface area contributed by atoms with Crippen LogP contribution >= 0.6 is 0 Å². The summed E-state index contributed by atoms with van der Waals surface area (Å²) in [5, 5.41) is 1.16. The molecule has 1 heterocycles. The summed E-state index contributed by atoms with van der Waals surface area (Å²) in [6.07, 6.45) is 0.293. The molecule has 1 aliphatic rings. The molecule has 7 nitrogen and oxygen atoms in total. The van der Waals surface area contributed by atoms with Gasteiger partial charge in [-0.2, -0.15) is 0 Å². The van der Waals surface area contributed by atoms with E-state index in [1.54, 1.807) is 12.1 Å². The smallest absolute Gasteiger partial charge is 0.338 e. The van der Waals surface area contributed by atoms with Crippen LogP contribution < -0.4 is 10.4 Å². The fourth-order valence-corrected chi connectivity index (χ4v) is 2.98. The number of hydrazine groups is 1. The van der Waals surface area contributed by atoms with Gasteiger partial charge < -0.3 is 4.74 Å². The normalized spacial score (nSPS) is 14.3. The molecule has 0 aliphatic carbocycles. The number of rotatable bonds is 5. The van der Waals surface area contributed by atoms with Crippen LogP contribution in [0.25, 0.3) is 0 Å². The Morgan fingerprint density at radius 3 is 2.13 bits per heavy atom. The number of amides is 2. The third-order valence-electron chi connectivity index (χ3n) is 4.82. The molecule has 1 aliphatic heterocycles. The molecule has 156 valence electrons. The zero-order chi connectivity index (χ0) is 21.9. The lowest BCUT2D eigenvalue weighted by Gasteiger charge is -2.27. The van der Waals surface area contributed by atoms with Gasteiger partial charge in [0.15, 0.2) is 12.4 Å². The van der Waals surface area contributed by atoms with Crippen molar-refractivity contribution in [3.8, 4) is 0 Å². The van der Waals surface area contributed by atoms with Gasteiger partial charge in [0, 0.05) is 18.4 Å². The van der Waals surface area contributed by atoms with Crippen LogP contribution in [-0.2, 0) is 19.7 Å². The molecule has 0 saturated carbocycles. The van der Waals surface area contributed by atoms with Gasteiger partial charge in [-0.3, -0.25) is 19.8 Å². The number of hydrogen-bond acceptors (Lipinski definition) is 5. The van der Waals surface area contributed by atoms with E-state index in [0.717, 1.165) is 10.6 Å². The van der Waals surface area contributed by atoms with Gasteiger partial charge in [0.1, 0.15) is 0 Å². The van der Waals surface area contributed by atoms with Gasteiger partial charge in [-0.05, 0) is 35.2 Å². The Morgan fingerprint density at radius 2 is 1.53 bits per heavy atom. The molecule has 0 spiro atoms. The average Bonchev–Trinajstić information content (AvgIpc) is 2.73. The molecule has 30 heavy (non-hydrogen) atoms. The predicted molar refractivity (Wildman–Crippen MR) is 111 cm³/mol. The minimum atomic E-state index is -0.643. The molecule has 7 heteroatoms. The quantitative estimate of drug-likeness (QED) is 0.606. The molecular formula is C23H24N2O5. The number of carbonyl (C=O) groups is 4. The summed E-state index contributed by atoms with van der Waals surface area (Å²) < 4.78 is 5.13. The average molecular weight is 408 g/mol. The maximum atomic E-state index is 12.3. The van der Waals surface area contributed by atoms with E-state index in [4.69, 9.17) is 4.74 Å². The summed E-state index contributed by atoms with van der Waals surface area (Å²) >= 11 is 0. The first kappa shape index (κ1) is 21.2. The topological polar surface area (TPSA) is 92.8 Å². The first-order chi connectivity index (χ1) is 14.1. The fraction of sp³-hybridized carbons (Fsp3) is 0.304. The lowest BCUT2D eigenvalue weighted by Crippen LogP contribution is -2.50. The number of benzene rings is 2. The van der Waals surface area contributed by atoms with Crippen LogP contribution in [0, 0.1) is 0 Å². The molecule has 3 rings (SSSR count). The molecule has 1 fully saturated rings. The lowest BCUT2D eigenvalue weighted by atomic mass is 9.86. The van der Waals surface area contributed by atoms with Crippen LogP contribution in [0.3, 0.4) is 0 Å². The Morgan fingerprint density at radius 1 is 0.933 bits per heavy atom. The largest absolute Gasteiger partial charge is 0.454 e.